The fourth-order valence-corrected chi connectivity index (χ4v) is 2.12. The molecule has 7 heteroatoms. The van der Waals surface area contributed by atoms with E-state index in [0.29, 0.717) is 0 Å². The topological polar surface area (TPSA) is 105 Å². The van der Waals surface area contributed by atoms with Crippen molar-refractivity contribution in [1.29, 1.82) is 0 Å². The molecular formula is C14H18O7. The second kappa shape index (κ2) is 6.97. The summed E-state index contributed by atoms with van der Waals surface area (Å²) >= 11 is 0. The van der Waals surface area contributed by atoms with E-state index in [2.05, 4.69) is 0 Å². The number of carbonyl (C=O) groups is 1. The van der Waals surface area contributed by atoms with Crippen LogP contribution in [0.2, 0.25) is 0 Å². The Morgan fingerprint density at radius 2 is 1.86 bits per heavy atom. The van der Waals surface area contributed by atoms with E-state index in [0.717, 1.165) is 0 Å². The van der Waals surface area contributed by atoms with Gasteiger partial charge in [-0.05, 0) is 12.1 Å². The fraction of sp³-hybridized carbons (Fsp3) is 0.500. The summed E-state index contributed by atoms with van der Waals surface area (Å²) in [5.41, 5.74) is 0.279. The van der Waals surface area contributed by atoms with Gasteiger partial charge >= 0.3 is 5.97 Å². The van der Waals surface area contributed by atoms with Gasteiger partial charge in [0.05, 0.1) is 12.2 Å². The van der Waals surface area contributed by atoms with E-state index in [-0.39, 0.29) is 12.2 Å². The van der Waals surface area contributed by atoms with Crippen molar-refractivity contribution in [3.05, 3.63) is 35.9 Å². The van der Waals surface area contributed by atoms with Crippen molar-refractivity contribution in [3.63, 3.8) is 0 Å². The van der Waals surface area contributed by atoms with Gasteiger partial charge in [-0.2, -0.15) is 0 Å². The van der Waals surface area contributed by atoms with Gasteiger partial charge in [-0.3, -0.25) is 0 Å². The molecular weight excluding hydrogens is 280 g/mol. The van der Waals surface area contributed by atoms with Crippen molar-refractivity contribution in [2.75, 3.05) is 13.7 Å². The van der Waals surface area contributed by atoms with Crippen LogP contribution in [0.3, 0.4) is 0 Å². The lowest BCUT2D eigenvalue weighted by atomic mass is 9.99. The summed E-state index contributed by atoms with van der Waals surface area (Å²) in [7, 11) is 1.40. The van der Waals surface area contributed by atoms with Crippen LogP contribution in [0.5, 0.6) is 0 Å². The van der Waals surface area contributed by atoms with Gasteiger partial charge in [0.15, 0.2) is 12.4 Å². The minimum Gasteiger partial charge on any atom is -0.453 e. The van der Waals surface area contributed by atoms with Crippen LogP contribution in [0.25, 0.3) is 0 Å². The first kappa shape index (κ1) is 15.9. The maximum Gasteiger partial charge on any atom is 0.338 e. The summed E-state index contributed by atoms with van der Waals surface area (Å²) < 4.78 is 15.0. The fourth-order valence-electron chi connectivity index (χ4n) is 2.12. The molecule has 3 N–H and O–H groups in total. The minimum atomic E-state index is -1.57. The molecule has 1 saturated heterocycles. The van der Waals surface area contributed by atoms with Crippen molar-refractivity contribution in [2.45, 2.75) is 30.7 Å². The van der Waals surface area contributed by atoms with Crippen molar-refractivity contribution < 1.29 is 34.3 Å². The molecule has 0 aromatic heterocycles. The average Bonchev–Trinajstić information content (AvgIpc) is 2.50. The summed E-state index contributed by atoms with van der Waals surface area (Å²) in [4.78, 5) is 12.0. The Balaban J connectivity index is 2.10. The summed E-state index contributed by atoms with van der Waals surface area (Å²) in [5, 5.41) is 29.5. The molecule has 1 aromatic carbocycles. The quantitative estimate of drug-likeness (QED) is 0.631. The van der Waals surface area contributed by atoms with Gasteiger partial charge in [-0.15, -0.1) is 0 Å². The Morgan fingerprint density at radius 1 is 1.19 bits per heavy atom. The molecule has 0 bridgehead atoms. The van der Waals surface area contributed by atoms with E-state index in [1.54, 1.807) is 30.3 Å². The van der Waals surface area contributed by atoms with Crippen LogP contribution in [0.4, 0.5) is 0 Å². The molecule has 1 aromatic rings. The SMILES string of the molecule is COCC1O[C@@H](O)C(O)C(OC(=O)c2ccccc2)[C@H]1O. The molecule has 7 nitrogen and oxygen atoms in total. The van der Waals surface area contributed by atoms with Crippen LogP contribution >= 0.6 is 0 Å². The van der Waals surface area contributed by atoms with Crippen LogP contribution in [0.15, 0.2) is 30.3 Å². The first-order chi connectivity index (χ1) is 10.0. The number of esters is 1. The minimum absolute atomic E-state index is 0.00959. The maximum atomic E-state index is 12.0. The van der Waals surface area contributed by atoms with E-state index in [1.807, 2.05) is 0 Å². The number of ether oxygens (including phenoxy) is 3. The molecule has 21 heavy (non-hydrogen) atoms. The summed E-state index contributed by atoms with van der Waals surface area (Å²) in [6.07, 6.45) is -6.62. The summed E-state index contributed by atoms with van der Waals surface area (Å²) in [5.74, 6) is -0.705. The largest absolute Gasteiger partial charge is 0.453 e. The second-order valence-electron chi connectivity index (χ2n) is 4.74. The van der Waals surface area contributed by atoms with Crippen LogP contribution in [0, 0.1) is 0 Å². The number of carbonyl (C=O) groups excluding carboxylic acids is 1. The van der Waals surface area contributed by atoms with Crippen LogP contribution in [-0.4, -0.2) is 65.7 Å². The lowest BCUT2D eigenvalue weighted by molar-refractivity contribution is -0.286. The molecule has 116 valence electrons. The number of hydrogen-bond donors (Lipinski definition) is 3. The standard InChI is InChI=1S/C14H18O7/c1-19-7-9-10(15)12(11(16)14(18)20-9)21-13(17)8-5-3-2-4-6-8/h2-6,9-12,14-16,18H,7H2,1H3/t9?,10-,11?,12?,14+/m0/s1. The van der Waals surface area contributed by atoms with Gasteiger partial charge in [-0.25, -0.2) is 4.79 Å². The first-order valence-corrected chi connectivity index (χ1v) is 6.49. The molecule has 5 atom stereocenters. The number of hydrogen-bond acceptors (Lipinski definition) is 7. The van der Waals surface area contributed by atoms with E-state index in [4.69, 9.17) is 14.2 Å². The molecule has 1 fully saturated rings. The molecule has 1 heterocycles. The highest BCUT2D eigenvalue weighted by Gasteiger charge is 2.46. The van der Waals surface area contributed by atoms with Crippen molar-refractivity contribution in [3.8, 4) is 0 Å². The monoisotopic (exact) mass is 298 g/mol. The second-order valence-corrected chi connectivity index (χ2v) is 4.74. The highest BCUT2D eigenvalue weighted by Crippen LogP contribution is 2.23. The molecule has 0 radical (unpaired) electrons. The Labute approximate surface area is 121 Å². The van der Waals surface area contributed by atoms with Crippen LogP contribution in [-0.2, 0) is 14.2 Å². The van der Waals surface area contributed by atoms with Crippen molar-refractivity contribution in [1.82, 2.24) is 0 Å². The smallest absolute Gasteiger partial charge is 0.338 e. The third kappa shape index (κ3) is 3.58. The van der Waals surface area contributed by atoms with E-state index in [9.17, 15) is 20.1 Å². The van der Waals surface area contributed by atoms with Gasteiger partial charge in [0.2, 0.25) is 0 Å². The highest BCUT2D eigenvalue weighted by atomic mass is 16.7. The molecule has 1 aliphatic rings. The zero-order valence-electron chi connectivity index (χ0n) is 11.5. The predicted octanol–water partition coefficient (Wildman–Crippen LogP) is -0.703. The molecule has 0 spiro atoms. The lowest BCUT2D eigenvalue weighted by Gasteiger charge is -2.39. The Kier molecular flexibility index (Phi) is 5.27. The molecule has 0 saturated carbocycles. The number of methoxy groups -OCH3 is 1. The average molecular weight is 298 g/mol. The predicted molar refractivity (Wildman–Crippen MR) is 70.4 cm³/mol. The molecule has 2 rings (SSSR count). The molecule has 0 amide bonds. The third-order valence-corrected chi connectivity index (χ3v) is 3.24. The number of aliphatic hydroxyl groups is 3. The highest BCUT2D eigenvalue weighted by molar-refractivity contribution is 5.89. The maximum absolute atomic E-state index is 12.0. The summed E-state index contributed by atoms with van der Waals surface area (Å²) in [6, 6.07) is 8.16. The van der Waals surface area contributed by atoms with Crippen molar-refractivity contribution >= 4 is 5.97 Å². The molecule has 3 unspecified atom stereocenters. The van der Waals surface area contributed by atoms with E-state index >= 15 is 0 Å². The Bertz CT molecular complexity index is 464. The van der Waals surface area contributed by atoms with E-state index in [1.165, 1.54) is 7.11 Å². The number of rotatable bonds is 4. The van der Waals surface area contributed by atoms with Gasteiger partial charge in [-0.1, -0.05) is 18.2 Å². The van der Waals surface area contributed by atoms with Gasteiger partial charge < -0.3 is 29.5 Å². The Hall–Kier alpha value is -1.51. The number of benzene rings is 1. The van der Waals surface area contributed by atoms with Crippen LogP contribution < -0.4 is 0 Å². The van der Waals surface area contributed by atoms with Crippen molar-refractivity contribution in [2.24, 2.45) is 0 Å². The normalized spacial score (nSPS) is 32.7. The zero-order chi connectivity index (χ0) is 15.4. The molecule has 0 aliphatic carbocycles. The number of aliphatic hydroxyl groups excluding tert-OH is 3. The third-order valence-electron chi connectivity index (χ3n) is 3.24. The molecule has 1 aliphatic heterocycles. The Morgan fingerprint density at radius 3 is 2.48 bits per heavy atom. The van der Waals surface area contributed by atoms with Gasteiger partial charge in [0.1, 0.15) is 18.3 Å². The summed E-state index contributed by atoms with van der Waals surface area (Å²) in [6.45, 7) is -0.00959. The van der Waals surface area contributed by atoms with Gasteiger partial charge in [0.25, 0.3) is 0 Å². The van der Waals surface area contributed by atoms with E-state index < -0.39 is 36.7 Å². The first-order valence-electron chi connectivity index (χ1n) is 6.49. The van der Waals surface area contributed by atoms with Gasteiger partial charge in [0, 0.05) is 7.11 Å². The van der Waals surface area contributed by atoms with Crippen LogP contribution in [0.1, 0.15) is 10.4 Å². The zero-order valence-corrected chi connectivity index (χ0v) is 11.5. The lowest BCUT2D eigenvalue weighted by Crippen LogP contribution is -2.60.